The molecule has 2 heterocycles. The van der Waals surface area contributed by atoms with Gasteiger partial charge in [0.25, 0.3) is 0 Å². The van der Waals surface area contributed by atoms with Crippen LogP contribution in [0.15, 0.2) is 5.38 Å². The molecule has 1 aromatic heterocycles. The lowest BCUT2D eigenvalue weighted by Gasteiger charge is -2.36. The van der Waals surface area contributed by atoms with Crippen LogP contribution >= 0.6 is 23.7 Å². The number of nitrogens with zero attached hydrogens (tertiary/aromatic N) is 2. The van der Waals surface area contributed by atoms with Gasteiger partial charge in [-0.2, -0.15) is 0 Å². The summed E-state index contributed by atoms with van der Waals surface area (Å²) < 4.78 is 0. The van der Waals surface area contributed by atoms with E-state index < -0.39 is 0 Å². The summed E-state index contributed by atoms with van der Waals surface area (Å²) in [7, 11) is 0. The Morgan fingerprint density at radius 3 is 3.05 bits per heavy atom. The van der Waals surface area contributed by atoms with Crippen LogP contribution in [-0.4, -0.2) is 35.4 Å². The van der Waals surface area contributed by atoms with Gasteiger partial charge in [0.05, 0.1) is 5.69 Å². The number of carbonyl (C=O) groups excluding carboxylic acids is 1. The first kappa shape index (κ1) is 17.4. The first-order valence-electron chi connectivity index (χ1n) is 6.73. The molecule has 5 nitrogen and oxygen atoms in total. The van der Waals surface area contributed by atoms with Gasteiger partial charge >= 0.3 is 0 Å². The van der Waals surface area contributed by atoms with E-state index in [1.165, 1.54) is 24.7 Å². The molecule has 0 aliphatic carbocycles. The van der Waals surface area contributed by atoms with Crippen molar-refractivity contribution in [1.82, 2.24) is 9.88 Å². The number of thiazole rings is 1. The van der Waals surface area contributed by atoms with Crippen LogP contribution in [0.25, 0.3) is 0 Å². The molecule has 3 N–H and O–H groups in total. The molecule has 1 saturated heterocycles. The van der Waals surface area contributed by atoms with E-state index in [-0.39, 0.29) is 18.3 Å². The van der Waals surface area contributed by atoms with E-state index in [2.05, 4.69) is 22.1 Å². The monoisotopic (exact) mass is 318 g/mol. The number of likely N-dealkylation sites (tertiary alicyclic amines) is 1. The third-order valence-corrected chi connectivity index (χ3v) is 4.53. The molecule has 1 aromatic rings. The van der Waals surface area contributed by atoms with Gasteiger partial charge in [0.2, 0.25) is 5.91 Å². The second-order valence-corrected chi connectivity index (χ2v) is 6.18. The lowest BCUT2D eigenvalue weighted by atomic mass is 9.87. The first-order valence-corrected chi connectivity index (χ1v) is 7.61. The zero-order valence-corrected chi connectivity index (χ0v) is 13.6. The Hall–Kier alpha value is -0.690. The number of hydrogen-bond acceptors (Lipinski definition) is 5. The highest BCUT2D eigenvalue weighted by molar-refractivity contribution is 7.13. The summed E-state index contributed by atoms with van der Waals surface area (Å²) in [4.78, 5) is 17.8. The minimum absolute atomic E-state index is 0. The van der Waals surface area contributed by atoms with Crippen LogP contribution < -0.4 is 11.1 Å². The number of anilines is 1. The van der Waals surface area contributed by atoms with Gasteiger partial charge in [0.15, 0.2) is 5.13 Å². The number of carbonyl (C=O) groups is 1. The van der Waals surface area contributed by atoms with E-state index in [1.807, 2.05) is 5.38 Å². The zero-order valence-electron chi connectivity index (χ0n) is 12.0. The number of rotatable bonds is 4. The second-order valence-electron chi connectivity index (χ2n) is 5.32. The Labute approximate surface area is 130 Å². The van der Waals surface area contributed by atoms with Crippen LogP contribution in [0.2, 0.25) is 0 Å². The fourth-order valence-electron chi connectivity index (χ4n) is 2.49. The third-order valence-electron chi connectivity index (χ3n) is 3.72. The highest BCUT2D eigenvalue weighted by Gasteiger charge is 2.25. The molecule has 0 spiro atoms. The minimum Gasteiger partial charge on any atom is -0.330 e. The predicted molar refractivity (Wildman–Crippen MR) is 85.3 cm³/mol. The average Bonchev–Trinajstić information content (AvgIpc) is 2.78. The molecule has 0 bridgehead atoms. The van der Waals surface area contributed by atoms with Crippen LogP contribution in [0.5, 0.6) is 0 Å². The largest absolute Gasteiger partial charge is 0.330 e. The van der Waals surface area contributed by atoms with Gasteiger partial charge in [-0.25, -0.2) is 4.98 Å². The maximum atomic E-state index is 11.0. The summed E-state index contributed by atoms with van der Waals surface area (Å²) in [6.07, 6.45) is 1.20. The van der Waals surface area contributed by atoms with Crippen molar-refractivity contribution in [2.75, 3.05) is 25.0 Å². The van der Waals surface area contributed by atoms with Crippen LogP contribution in [0.4, 0.5) is 5.13 Å². The highest BCUT2D eigenvalue weighted by atomic mass is 35.5. The van der Waals surface area contributed by atoms with E-state index in [9.17, 15) is 4.79 Å². The lowest BCUT2D eigenvalue weighted by Crippen LogP contribution is -2.42. The normalized spacial score (nSPS) is 23.1. The molecule has 1 aliphatic rings. The van der Waals surface area contributed by atoms with Gasteiger partial charge in [-0.15, -0.1) is 23.7 Å². The summed E-state index contributed by atoms with van der Waals surface area (Å²) in [5.74, 6) is 1.23. The summed E-state index contributed by atoms with van der Waals surface area (Å²) in [6.45, 7) is 7.53. The molecule has 2 rings (SSSR count). The molecular weight excluding hydrogens is 296 g/mol. The molecule has 1 amide bonds. The third kappa shape index (κ3) is 4.70. The van der Waals surface area contributed by atoms with Gasteiger partial charge in [0, 0.05) is 25.4 Å². The number of aromatic nitrogens is 1. The van der Waals surface area contributed by atoms with Gasteiger partial charge in [0.1, 0.15) is 0 Å². The summed E-state index contributed by atoms with van der Waals surface area (Å²) in [6, 6.07) is 0. The van der Waals surface area contributed by atoms with Gasteiger partial charge in [-0.3, -0.25) is 9.69 Å². The van der Waals surface area contributed by atoms with Crippen molar-refractivity contribution in [2.24, 2.45) is 17.6 Å². The fraction of sp³-hybridized carbons (Fsp3) is 0.692. The first-order chi connectivity index (χ1) is 9.08. The fourth-order valence-corrected chi connectivity index (χ4v) is 3.24. The van der Waals surface area contributed by atoms with Crippen molar-refractivity contribution in [2.45, 2.75) is 26.8 Å². The number of nitrogens with two attached hydrogens (primary N) is 1. The van der Waals surface area contributed by atoms with Crippen molar-refractivity contribution >= 4 is 34.8 Å². The van der Waals surface area contributed by atoms with Crippen LogP contribution in [0.1, 0.15) is 26.0 Å². The molecule has 1 aliphatic heterocycles. The number of halogens is 1. The van der Waals surface area contributed by atoms with Crippen molar-refractivity contribution in [3.8, 4) is 0 Å². The topological polar surface area (TPSA) is 71.2 Å². The Morgan fingerprint density at radius 1 is 1.65 bits per heavy atom. The molecule has 0 saturated carbocycles. The summed E-state index contributed by atoms with van der Waals surface area (Å²) in [5.41, 5.74) is 6.85. The van der Waals surface area contributed by atoms with E-state index >= 15 is 0 Å². The lowest BCUT2D eigenvalue weighted by molar-refractivity contribution is -0.114. The minimum atomic E-state index is -0.0732. The second kappa shape index (κ2) is 7.93. The molecule has 0 aromatic carbocycles. The number of hydrogen-bond donors (Lipinski definition) is 2. The number of nitrogens with one attached hydrogen (secondary N) is 1. The Morgan fingerprint density at radius 2 is 2.40 bits per heavy atom. The molecule has 2 unspecified atom stereocenters. The quantitative estimate of drug-likeness (QED) is 0.890. The van der Waals surface area contributed by atoms with E-state index in [1.54, 1.807) is 0 Å². The van der Waals surface area contributed by atoms with Gasteiger partial charge < -0.3 is 11.1 Å². The Kier molecular flexibility index (Phi) is 6.88. The van der Waals surface area contributed by atoms with Crippen molar-refractivity contribution in [3.63, 3.8) is 0 Å². The van der Waals surface area contributed by atoms with Crippen LogP contribution in [-0.2, 0) is 11.3 Å². The predicted octanol–water partition coefficient (Wildman–Crippen LogP) is 1.94. The van der Waals surface area contributed by atoms with Gasteiger partial charge in [-0.05, 0) is 31.3 Å². The molecule has 114 valence electrons. The molecule has 20 heavy (non-hydrogen) atoms. The maximum absolute atomic E-state index is 11.0. The molecule has 1 fully saturated rings. The van der Waals surface area contributed by atoms with E-state index in [0.717, 1.165) is 31.9 Å². The standard InChI is InChI=1S/C13H22N4OS.ClH/c1-9-3-4-17(6-11(9)5-14)7-12-8-19-13(16-12)15-10(2)18;/h8-9,11H,3-7,14H2,1-2H3,(H,15,16,18);1H. The number of amides is 1. The molecular formula is C13H23ClN4OS. The SMILES string of the molecule is CC(=O)Nc1nc(CN2CCC(C)C(CN)C2)cs1.Cl. The zero-order chi connectivity index (χ0) is 13.8. The van der Waals surface area contributed by atoms with E-state index in [0.29, 0.717) is 17.0 Å². The summed E-state index contributed by atoms with van der Waals surface area (Å²) >= 11 is 1.48. The highest BCUT2D eigenvalue weighted by Crippen LogP contribution is 2.24. The van der Waals surface area contributed by atoms with Crippen molar-refractivity contribution < 1.29 is 4.79 Å². The van der Waals surface area contributed by atoms with Crippen LogP contribution in [0, 0.1) is 11.8 Å². The van der Waals surface area contributed by atoms with E-state index in [4.69, 9.17) is 5.73 Å². The Balaban J connectivity index is 0.00000200. The van der Waals surface area contributed by atoms with Crippen molar-refractivity contribution in [1.29, 1.82) is 0 Å². The van der Waals surface area contributed by atoms with Crippen LogP contribution in [0.3, 0.4) is 0 Å². The van der Waals surface area contributed by atoms with Gasteiger partial charge in [-0.1, -0.05) is 6.92 Å². The molecule has 0 radical (unpaired) electrons. The average molecular weight is 319 g/mol. The van der Waals surface area contributed by atoms with Crippen molar-refractivity contribution in [3.05, 3.63) is 11.1 Å². The Bertz CT molecular complexity index is 440. The molecule has 7 heteroatoms. The smallest absolute Gasteiger partial charge is 0.223 e. The maximum Gasteiger partial charge on any atom is 0.223 e. The summed E-state index contributed by atoms with van der Waals surface area (Å²) in [5, 5.41) is 5.42. The number of piperidine rings is 1. The molecule has 2 atom stereocenters.